The molecular formula is C17H23N5O4. The fourth-order valence-electron chi connectivity index (χ4n) is 3.05. The summed E-state index contributed by atoms with van der Waals surface area (Å²) in [7, 11) is 5.04. The molecule has 26 heavy (non-hydrogen) atoms. The Kier molecular flexibility index (Phi) is 5.38. The van der Waals surface area contributed by atoms with Gasteiger partial charge in [0.05, 0.1) is 39.0 Å². The van der Waals surface area contributed by atoms with Crippen LogP contribution in [0.1, 0.15) is 18.1 Å². The number of likely N-dealkylation sites (N-methyl/N-ethyl adjacent to an activating group) is 1. The van der Waals surface area contributed by atoms with Crippen LogP contribution in [0.15, 0.2) is 22.7 Å². The van der Waals surface area contributed by atoms with Gasteiger partial charge in [0.1, 0.15) is 11.5 Å². The molecule has 0 bridgehead atoms. The highest BCUT2D eigenvalue weighted by Crippen LogP contribution is 2.31. The average molecular weight is 361 g/mol. The second-order valence-corrected chi connectivity index (χ2v) is 6.09. The molecule has 0 radical (unpaired) electrons. The Bertz CT molecular complexity index is 756. The van der Waals surface area contributed by atoms with E-state index in [9.17, 15) is 4.79 Å². The zero-order chi connectivity index (χ0) is 18.7. The number of anilines is 1. The molecule has 0 saturated carbocycles. The maximum atomic E-state index is 12.9. The van der Waals surface area contributed by atoms with Gasteiger partial charge >= 0.3 is 0 Å². The number of nitrogens with zero attached hydrogens (tertiary/aromatic N) is 4. The second kappa shape index (κ2) is 7.71. The Hall–Kier alpha value is -2.65. The summed E-state index contributed by atoms with van der Waals surface area (Å²) < 4.78 is 15.6. The van der Waals surface area contributed by atoms with Crippen LogP contribution in [-0.2, 0) is 17.9 Å². The number of methoxy groups -OCH3 is 2. The molecule has 0 aliphatic carbocycles. The average Bonchev–Trinajstić information content (AvgIpc) is 3.27. The van der Waals surface area contributed by atoms with Crippen LogP contribution in [0.3, 0.4) is 0 Å². The highest BCUT2D eigenvalue weighted by molar-refractivity contribution is 5.99. The molecule has 0 spiro atoms. The smallest absolute Gasteiger partial charge is 0.244 e. The van der Waals surface area contributed by atoms with Gasteiger partial charge in [-0.1, -0.05) is 5.16 Å². The quantitative estimate of drug-likeness (QED) is 0.771. The van der Waals surface area contributed by atoms with Crippen LogP contribution >= 0.6 is 0 Å². The van der Waals surface area contributed by atoms with Crippen LogP contribution in [-0.4, -0.2) is 54.8 Å². The lowest BCUT2D eigenvalue weighted by Crippen LogP contribution is -2.39. The predicted molar refractivity (Wildman–Crippen MR) is 94.0 cm³/mol. The van der Waals surface area contributed by atoms with Gasteiger partial charge in [-0.3, -0.25) is 9.69 Å². The van der Waals surface area contributed by atoms with Crippen LogP contribution in [0.25, 0.3) is 0 Å². The third-order valence-corrected chi connectivity index (χ3v) is 4.43. The minimum Gasteiger partial charge on any atom is -0.497 e. The van der Waals surface area contributed by atoms with Crippen molar-refractivity contribution in [1.29, 1.82) is 0 Å². The van der Waals surface area contributed by atoms with Crippen molar-refractivity contribution in [3.8, 4) is 11.5 Å². The maximum absolute atomic E-state index is 12.9. The highest BCUT2D eigenvalue weighted by Gasteiger charge is 2.36. The first kappa shape index (κ1) is 18.2. The molecule has 1 unspecified atom stereocenters. The molecule has 9 nitrogen and oxygen atoms in total. The van der Waals surface area contributed by atoms with E-state index in [4.69, 9.17) is 19.7 Å². The third-order valence-electron chi connectivity index (χ3n) is 4.43. The molecule has 1 fully saturated rings. The van der Waals surface area contributed by atoms with Crippen molar-refractivity contribution >= 4 is 11.6 Å². The lowest BCUT2D eigenvalue weighted by molar-refractivity contribution is -0.121. The van der Waals surface area contributed by atoms with Gasteiger partial charge in [0, 0.05) is 24.7 Å². The Labute approximate surface area is 151 Å². The molecule has 1 aliphatic rings. The summed E-state index contributed by atoms with van der Waals surface area (Å²) in [5.41, 5.74) is 6.23. The molecular weight excluding hydrogens is 338 g/mol. The van der Waals surface area contributed by atoms with Gasteiger partial charge < -0.3 is 24.6 Å². The number of hydrogen-bond donors (Lipinski definition) is 1. The molecule has 9 heteroatoms. The summed E-state index contributed by atoms with van der Waals surface area (Å²) in [5, 5.41) is 3.88. The van der Waals surface area contributed by atoms with Crippen molar-refractivity contribution in [3.05, 3.63) is 29.9 Å². The number of amides is 1. The first-order valence-electron chi connectivity index (χ1n) is 8.32. The first-order chi connectivity index (χ1) is 12.5. The Morgan fingerprint density at radius 3 is 2.58 bits per heavy atom. The van der Waals surface area contributed by atoms with Gasteiger partial charge in [-0.05, 0) is 13.5 Å². The van der Waals surface area contributed by atoms with Gasteiger partial charge in [-0.15, -0.1) is 0 Å². The first-order valence-corrected chi connectivity index (χ1v) is 8.32. The number of benzene rings is 1. The largest absolute Gasteiger partial charge is 0.497 e. The van der Waals surface area contributed by atoms with Crippen LogP contribution in [0, 0.1) is 0 Å². The van der Waals surface area contributed by atoms with E-state index in [0.29, 0.717) is 42.7 Å². The summed E-state index contributed by atoms with van der Waals surface area (Å²) in [5.74, 6) is 2.21. The number of hydrogen-bond acceptors (Lipinski definition) is 8. The van der Waals surface area contributed by atoms with E-state index in [1.165, 1.54) is 0 Å². The molecule has 1 aliphatic heterocycles. The van der Waals surface area contributed by atoms with Crippen molar-refractivity contribution in [1.82, 2.24) is 15.0 Å². The number of rotatable bonds is 7. The lowest BCUT2D eigenvalue weighted by Gasteiger charge is -2.23. The topological polar surface area (TPSA) is 107 Å². The number of aromatic nitrogens is 2. The monoisotopic (exact) mass is 361 g/mol. The Balaban J connectivity index is 1.73. The summed E-state index contributed by atoms with van der Waals surface area (Å²) >= 11 is 0. The summed E-state index contributed by atoms with van der Waals surface area (Å²) in [4.78, 5) is 20.8. The second-order valence-electron chi connectivity index (χ2n) is 6.09. The van der Waals surface area contributed by atoms with Gasteiger partial charge in [0.15, 0.2) is 5.82 Å². The zero-order valence-electron chi connectivity index (χ0n) is 15.1. The summed E-state index contributed by atoms with van der Waals surface area (Å²) in [6.45, 7) is 1.23. The van der Waals surface area contributed by atoms with Gasteiger partial charge in [0.2, 0.25) is 11.8 Å². The number of carbonyl (C=O) groups is 1. The van der Waals surface area contributed by atoms with Crippen molar-refractivity contribution in [2.45, 2.75) is 25.6 Å². The Morgan fingerprint density at radius 1 is 1.31 bits per heavy atom. The molecule has 1 amide bonds. The van der Waals surface area contributed by atoms with E-state index < -0.39 is 0 Å². The minimum atomic E-state index is -0.257. The predicted octanol–water partition coefficient (Wildman–Crippen LogP) is 0.783. The summed E-state index contributed by atoms with van der Waals surface area (Å²) in [6.07, 6.45) is 0.705. The van der Waals surface area contributed by atoms with Crippen molar-refractivity contribution in [2.24, 2.45) is 5.73 Å². The number of carbonyl (C=O) groups excluding carboxylic acids is 1. The van der Waals surface area contributed by atoms with E-state index in [0.717, 1.165) is 5.69 Å². The van der Waals surface area contributed by atoms with Crippen molar-refractivity contribution in [2.75, 3.05) is 32.7 Å². The van der Waals surface area contributed by atoms with E-state index in [2.05, 4.69) is 10.1 Å². The van der Waals surface area contributed by atoms with E-state index >= 15 is 0 Å². The van der Waals surface area contributed by atoms with Crippen molar-refractivity contribution < 1.29 is 18.8 Å². The number of nitrogens with two attached hydrogens (primary N) is 1. The molecule has 2 N–H and O–H groups in total. The van der Waals surface area contributed by atoms with E-state index in [1.54, 1.807) is 25.2 Å². The SMILES string of the molecule is COc1cc(OC)cc(N2CCC(N(C)Cc3noc(CN)n3)C2=O)c1. The van der Waals surface area contributed by atoms with Crippen LogP contribution in [0.5, 0.6) is 11.5 Å². The zero-order valence-corrected chi connectivity index (χ0v) is 15.1. The Morgan fingerprint density at radius 2 is 2.00 bits per heavy atom. The van der Waals surface area contributed by atoms with Crippen molar-refractivity contribution in [3.63, 3.8) is 0 Å². The van der Waals surface area contributed by atoms with Gasteiger partial charge in [-0.2, -0.15) is 4.98 Å². The lowest BCUT2D eigenvalue weighted by atomic mass is 10.2. The van der Waals surface area contributed by atoms with Crippen LogP contribution in [0.4, 0.5) is 5.69 Å². The van der Waals surface area contributed by atoms with Gasteiger partial charge in [-0.25, -0.2) is 0 Å². The highest BCUT2D eigenvalue weighted by atomic mass is 16.5. The molecule has 1 aromatic heterocycles. The molecule has 1 saturated heterocycles. The molecule has 1 atom stereocenters. The maximum Gasteiger partial charge on any atom is 0.244 e. The fraction of sp³-hybridized carbons (Fsp3) is 0.471. The molecule has 140 valence electrons. The van der Waals surface area contributed by atoms with Gasteiger partial charge in [0.25, 0.3) is 0 Å². The molecule has 2 aromatic rings. The van der Waals surface area contributed by atoms with Crippen LogP contribution < -0.4 is 20.1 Å². The molecule has 3 rings (SSSR count). The van der Waals surface area contributed by atoms with E-state index in [-0.39, 0.29) is 18.5 Å². The molecule has 2 heterocycles. The fourth-order valence-corrected chi connectivity index (χ4v) is 3.05. The van der Waals surface area contributed by atoms with E-state index in [1.807, 2.05) is 24.1 Å². The number of ether oxygens (including phenoxy) is 2. The normalized spacial score (nSPS) is 17.2. The van der Waals surface area contributed by atoms with Crippen LogP contribution in [0.2, 0.25) is 0 Å². The molecule has 1 aromatic carbocycles. The minimum absolute atomic E-state index is 0.0188. The third kappa shape index (κ3) is 3.63. The standard InChI is InChI=1S/C17H23N5O4/c1-21(10-15-19-16(9-18)26-20-15)14-4-5-22(17(14)23)11-6-12(24-2)8-13(7-11)25-3/h6-8,14H,4-5,9-10,18H2,1-3H3. The summed E-state index contributed by atoms with van der Waals surface area (Å²) in [6, 6.07) is 5.18.